The van der Waals surface area contributed by atoms with Crippen LogP contribution in [-0.4, -0.2) is 80.2 Å². The minimum atomic E-state index is -3.59. The molecular formula is C23H32N4O4S2. The minimum Gasteiger partial charge on any atom is -0.350 e. The first-order valence-corrected chi connectivity index (χ1v) is 13.4. The average molecular weight is 493 g/mol. The number of sulfonamides is 1. The van der Waals surface area contributed by atoms with Crippen LogP contribution in [0.25, 0.3) is 0 Å². The molecule has 8 nitrogen and oxygen atoms in total. The summed E-state index contributed by atoms with van der Waals surface area (Å²) in [5.74, 6) is -0.214. The third-order valence-corrected chi connectivity index (χ3v) is 8.69. The van der Waals surface area contributed by atoms with Crippen LogP contribution >= 0.6 is 11.3 Å². The molecule has 0 unspecified atom stereocenters. The summed E-state index contributed by atoms with van der Waals surface area (Å²) in [6.07, 6.45) is 0. The van der Waals surface area contributed by atoms with E-state index in [2.05, 4.69) is 5.32 Å². The van der Waals surface area contributed by atoms with Crippen molar-refractivity contribution in [1.29, 1.82) is 0 Å². The van der Waals surface area contributed by atoms with Gasteiger partial charge in [-0.1, -0.05) is 19.1 Å². The molecule has 10 heteroatoms. The molecular weight excluding hydrogens is 460 g/mol. The lowest BCUT2D eigenvalue weighted by Crippen LogP contribution is -2.53. The van der Waals surface area contributed by atoms with E-state index >= 15 is 0 Å². The summed E-state index contributed by atoms with van der Waals surface area (Å²) in [6.45, 7) is 8.28. The van der Waals surface area contributed by atoms with Gasteiger partial charge in [-0.25, -0.2) is 8.42 Å². The van der Waals surface area contributed by atoms with Gasteiger partial charge in [0.05, 0.1) is 24.5 Å². The van der Waals surface area contributed by atoms with E-state index < -0.39 is 10.0 Å². The summed E-state index contributed by atoms with van der Waals surface area (Å²) in [7, 11) is -3.59. The normalized spacial score (nSPS) is 15.1. The second-order valence-electron chi connectivity index (χ2n) is 8.19. The van der Waals surface area contributed by atoms with Crippen molar-refractivity contribution in [2.75, 3.05) is 45.8 Å². The van der Waals surface area contributed by atoms with Crippen molar-refractivity contribution in [2.24, 2.45) is 0 Å². The number of hydrogen-bond donors (Lipinski definition) is 1. The molecule has 2 heterocycles. The average Bonchev–Trinajstić information content (AvgIpc) is 3.32. The molecule has 1 N–H and O–H groups in total. The first-order chi connectivity index (χ1) is 15.7. The number of nitrogens with one attached hydrogen (secondary N) is 1. The van der Waals surface area contributed by atoms with Gasteiger partial charge in [-0.15, -0.1) is 11.3 Å². The monoisotopic (exact) mass is 492 g/mol. The Hall–Kier alpha value is -2.27. The molecule has 0 aliphatic carbocycles. The first kappa shape index (κ1) is 25.4. The number of benzene rings is 1. The Bertz CT molecular complexity index is 1060. The van der Waals surface area contributed by atoms with Gasteiger partial charge in [0.2, 0.25) is 21.8 Å². The molecule has 3 rings (SSSR count). The highest BCUT2D eigenvalue weighted by Gasteiger charge is 2.30. The number of thiophene rings is 1. The van der Waals surface area contributed by atoms with Gasteiger partial charge >= 0.3 is 0 Å². The lowest BCUT2D eigenvalue weighted by Gasteiger charge is -2.35. The third kappa shape index (κ3) is 6.63. The van der Waals surface area contributed by atoms with E-state index in [1.54, 1.807) is 33.3 Å². The molecule has 1 fully saturated rings. The number of piperazine rings is 1. The van der Waals surface area contributed by atoms with Crippen molar-refractivity contribution in [1.82, 2.24) is 19.4 Å². The van der Waals surface area contributed by atoms with Gasteiger partial charge in [-0.3, -0.25) is 14.5 Å². The SMILES string of the molecule is CCN(CC(=O)NCc1cccs1)CC(=O)N1CCN(S(=O)(=O)c2ccc(C)c(C)c2)CC1. The van der Waals surface area contributed by atoms with Crippen molar-refractivity contribution in [3.05, 3.63) is 51.7 Å². The largest absolute Gasteiger partial charge is 0.350 e. The summed E-state index contributed by atoms with van der Waals surface area (Å²) in [5, 5.41) is 4.84. The van der Waals surface area contributed by atoms with Gasteiger partial charge in [-0.05, 0) is 55.1 Å². The fourth-order valence-corrected chi connectivity index (χ4v) is 5.78. The lowest BCUT2D eigenvalue weighted by atomic mass is 10.1. The Balaban J connectivity index is 1.49. The second kappa shape index (κ2) is 11.2. The molecule has 0 bridgehead atoms. The fraction of sp³-hybridized carbons (Fsp3) is 0.478. The van der Waals surface area contributed by atoms with Crippen LogP contribution in [-0.2, 0) is 26.2 Å². The molecule has 2 aromatic rings. The van der Waals surface area contributed by atoms with E-state index in [4.69, 9.17) is 0 Å². The molecule has 1 aliphatic heterocycles. The lowest BCUT2D eigenvalue weighted by molar-refractivity contribution is -0.134. The van der Waals surface area contributed by atoms with Crippen LogP contribution in [0.5, 0.6) is 0 Å². The zero-order valence-electron chi connectivity index (χ0n) is 19.4. The van der Waals surface area contributed by atoms with E-state index in [9.17, 15) is 18.0 Å². The first-order valence-electron chi connectivity index (χ1n) is 11.1. The summed E-state index contributed by atoms with van der Waals surface area (Å²) in [4.78, 5) is 29.9. The Morgan fingerprint density at radius 1 is 1.06 bits per heavy atom. The van der Waals surface area contributed by atoms with Crippen LogP contribution in [0.3, 0.4) is 0 Å². The zero-order valence-corrected chi connectivity index (χ0v) is 21.0. The molecule has 0 radical (unpaired) electrons. The Kier molecular flexibility index (Phi) is 8.63. The second-order valence-corrected chi connectivity index (χ2v) is 11.2. The van der Waals surface area contributed by atoms with E-state index in [0.717, 1.165) is 16.0 Å². The molecule has 0 spiro atoms. The standard InChI is InChI=1S/C23H32N4O4S2/c1-4-25(16-22(28)24-15-20-6-5-13-32-20)17-23(29)26-9-11-27(12-10-26)33(30,31)21-8-7-18(2)19(3)14-21/h5-8,13-14H,4,9-12,15-17H2,1-3H3,(H,24,28). The van der Waals surface area contributed by atoms with Crippen molar-refractivity contribution in [3.8, 4) is 0 Å². The van der Waals surface area contributed by atoms with Gasteiger partial charge in [0.1, 0.15) is 0 Å². The predicted octanol–water partition coefficient (Wildman–Crippen LogP) is 1.84. The summed E-state index contributed by atoms with van der Waals surface area (Å²) >= 11 is 1.58. The Morgan fingerprint density at radius 2 is 1.79 bits per heavy atom. The number of hydrogen-bond acceptors (Lipinski definition) is 6. The number of likely N-dealkylation sites (N-methyl/N-ethyl adjacent to an activating group) is 1. The van der Waals surface area contributed by atoms with Crippen molar-refractivity contribution >= 4 is 33.2 Å². The van der Waals surface area contributed by atoms with Crippen LogP contribution in [0.4, 0.5) is 0 Å². The molecule has 0 saturated carbocycles. The predicted molar refractivity (Wildman–Crippen MR) is 130 cm³/mol. The third-order valence-electron chi connectivity index (χ3n) is 5.92. The van der Waals surface area contributed by atoms with E-state index in [-0.39, 0.29) is 42.9 Å². The quantitative estimate of drug-likeness (QED) is 0.577. The van der Waals surface area contributed by atoms with Gasteiger partial charge in [0.25, 0.3) is 0 Å². The van der Waals surface area contributed by atoms with Crippen LogP contribution in [0.2, 0.25) is 0 Å². The van der Waals surface area contributed by atoms with Gasteiger partial charge in [-0.2, -0.15) is 4.31 Å². The summed E-state index contributed by atoms with van der Waals surface area (Å²) in [6, 6.07) is 9.06. The topological polar surface area (TPSA) is 90.0 Å². The Morgan fingerprint density at radius 3 is 2.39 bits per heavy atom. The van der Waals surface area contributed by atoms with Crippen molar-refractivity contribution in [3.63, 3.8) is 0 Å². The summed E-state index contributed by atoms with van der Waals surface area (Å²) in [5.41, 5.74) is 1.98. The highest BCUT2D eigenvalue weighted by Crippen LogP contribution is 2.20. The van der Waals surface area contributed by atoms with Crippen LogP contribution in [0, 0.1) is 13.8 Å². The number of amides is 2. The maximum absolute atomic E-state index is 13.0. The number of aryl methyl sites for hydroxylation is 2. The molecule has 1 saturated heterocycles. The number of carbonyl (C=O) groups is 2. The van der Waals surface area contributed by atoms with Crippen LogP contribution in [0.15, 0.2) is 40.6 Å². The van der Waals surface area contributed by atoms with Gasteiger partial charge in [0.15, 0.2) is 0 Å². The molecule has 2 amide bonds. The molecule has 33 heavy (non-hydrogen) atoms. The Labute approximate surface area is 200 Å². The highest BCUT2D eigenvalue weighted by atomic mass is 32.2. The van der Waals surface area contributed by atoms with Crippen LogP contribution < -0.4 is 5.32 Å². The number of carbonyl (C=O) groups excluding carboxylic acids is 2. The molecule has 180 valence electrons. The number of rotatable bonds is 9. The molecule has 0 atom stereocenters. The maximum Gasteiger partial charge on any atom is 0.243 e. The van der Waals surface area contributed by atoms with Crippen LogP contribution in [0.1, 0.15) is 22.9 Å². The highest BCUT2D eigenvalue weighted by molar-refractivity contribution is 7.89. The van der Waals surface area contributed by atoms with Crippen molar-refractivity contribution in [2.45, 2.75) is 32.2 Å². The van der Waals surface area contributed by atoms with E-state index in [0.29, 0.717) is 26.2 Å². The summed E-state index contributed by atoms with van der Waals surface area (Å²) < 4.78 is 27.4. The van der Waals surface area contributed by atoms with Gasteiger partial charge in [0, 0.05) is 31.1 Å². The van der Waals surface area contributed by atoms with E-state index in [1.165, 1.54) is 4.31 Å². The molecule has 1 aliphatic rings. The van der Waals surface area contributed by atoms with Crippen molar-refractivity contribution < 1.29 is 18.0 Å². The molecule has 1 aromatic carbocycles. The number of nitrogens with zero attached hydrogens (tertiary/aromatic N) is 3. The minimum absolute atomic E-state index is 0.0915. The fourth-order valence-electron chi connectivity index (χ4n) is 3.63. The maximum atomic E-state index is 13.0. The van der Waals surface area contributed by atoms with E-state index in [1.807, 2.05) is 44.4 Å². The smallest absolute Gasteiger partial charge is 0.243 e. The van der Waals surface area contributed by atoms with Gasteiger partial charge < -0.3 is 10.2 Å². The molecule has 1 aromatic heterocycles. The zero-order chi connectivity index (χ0) is 24.0.